The highest BCUT2D eigenvalue weighted by Crippen LogP contribution is 2.23. The average molecular weight is 235 g/mol. The van der Waals surface area contributed by atoms with Crippen molar-refractivity contribution in [1.82, 2.24) is 4.90 Å². The molecule has 1 atom stereocenters. The topological polar surface area (TPSA) is 57.6 Å². The van der Waals surface area contributed by atoms with Crippen LogP contribution in [0.3, 0.4) is 0 Å². The molecule has 0 bridgehead atoms. The van der Waals surface area contributed by atoms with Crippen LogP contribution in [0.5, 0.6) is 0 Å². The minimum absolute atomic E-state index is 0.125. The highest BCUT2D eigenvalue weighted by atomic mass is 32.2. The molecule has 0 unspecified atom stereocenters. The van der Waals surface area contributed by atoms with Crippen LogP contribution in [0.25, 0.3) is 0 Å². The van der Waals surface area contributed by atoms with Gasteiger partial charge in [0.25, 0.3) is 0 Å². The van der Waals surface area contributed by atoms with Crippen LogP contribution in [0.15, 0.2) is 0 Å². The van der Waals surface area contributed by atoms with Crippen LogP contribution in [-0.2, 0) is 9.84 Å². The first-order valence-electron chi connectivity index (χ1n) is 5.32. The second-order valence-electron chi connectivity index (χ2n) is 4.98. The van der Waals surface area contributed by atoms with Gasteiger partial charge in [-0.2, -0.15) is 0 Å². The van der Waals surface area contributed by atoms with Crippen molar-refractivity contribution >= 4 is 9.84 Å². The summed E-state index contributed by atoms with van der Waals surface area (Å²) >= 11 is 0. The van der Waals surface area contributed by atoms with Crippen LogP contribution >= 0.6 is 0 Å². The molecule has 1 aliphatic rings. The number of hydrogen-bond donors (Lipinski definition) is 1. The molecule has 0 aromatic heterocycles. The smallest absolute Gasteiger partial charge is 0.153 e. The van der Waals surface area contributed by atoms with E-state index in [0.717, 1.165) is 19.4 Å². The average Bonchev–Trinajstić information content (AvgIpc) is 2.48. The summed E-state index contributed by atoms with van der Waals surface area (Å²) in [5.41, 5.74) is 0. The number of nitrogens with zero attached hydrogens (tertiary/aromatic N) is 1. The largest absolute Gasteiger partial charge is 0.395 e. The second kappa shape index (κ2) is 4.39. The van der Waals surface area contributed by atoms with E-state index in [1.165, 1.54) is 6.26 Å². The lowest BCUT2D eigenvalue weighted by molar-refractivity contribution is 0.151. The first kappa shape index (κ1) is 12.9. The van der Waals surface area contributed by atoms with Gasteiger partial charge < -0.3 is 5.11 Å². The predicted molar refractivity (Wildman–Crippen MR) is 60.6 cm³/mol. The van der Waals surface area contributed by atoms with Crippen molar-refractivity contribution in [1.29, 1.82) is 0 Å². The van der Waals surface area contributed by atoms with E-state index >= 15 is 0 Å². The zero-order valence-electron chi connectivity index (χ0n) is 9.73. The molecule has 0 spiro atoms. The van der Waals surface area contributed by atoms with E-state index in [1.807, 2.05) is 0 Å². The van der Waals surface area contributed by atoms with Gasteiger partial charge >= 0.3 is 0 Å². The molecule has 90 valence electrons. The number of aliphatic hydroxyl groups excluding tert-OH is 1. The Morgan fingerprint density at radius 3 is 2.53 bits per heavy atom. The number of rotatable bonds is 4. The molecule has 15 heavy (non-hydrogen) atoms. The summed E-state index contributed by atoms with van der Waals surface area (Å²) in [6.45, 7) is 5.02. The van der Waals surface area contributed by atoms with E-state index in [0.29, 0.717) is 6.54 Å². The third kappa shape index (κ3) is 2.92. The molecule has 0 aromatic carbocycles. The molecule has 0 amide bonds. The van der Waals surface area contributed by atoms with E-state index in [2.05, 4.69) is 4.90 Å². The van der Waals surface area contributed by atoms with Gasteiger partial charge in [0.15, 0.2) is 9.84 Å². The Balaban J connectivity index is 2.69. The Kier molecular flexibility index (Phi) is 3.79. The van der Waals surface area contributed by atoms with Gasteiger partial charge in [0, 0.05) is 18.8 Å². The maximum absolute atomic E-state index is 11.5. The molecule has 1 saturated heterocycles. The number of sulfone groups is 1. The third-order valence-corrected chi connectivity index (χ3v) is 5.43. The standard InChI is InChI=1S/C10H21NO3S/c1-10(2,15(3,13)14)8-11-6-4-5-9(11)7-12/h9,12H,4-8H2,1-3H3/t9-/m0/s1. The normalized spacial score (nSPS) is 24.7. The van der Waals surface area contributed by atoms with Gasteiger partial charge in [-0.05, 0) is 33.2 Å². The minimum Gasteiger partial charge on any atom is -0.395 e. The minimum atomic E-state index is -3.04. The Labute approximate surface area is 92.2 Å². The summed E-state index contributed by atoms with van der Waals surface area (Å²) in [6, 6.07) is 0.144. The van der Waals surface area contributed by atoms with Crippen LogP contribution < -0.4 is 0 Å². The quantitative estimate of drug-likeness (QED) is 0.760. The summed E-state index contributed by atoms with van der Waals surface area (Å²) in [7, 11) is -3.04. The molecule has 0 aliphatic carbocycles. The van der Waals surface area contributed by atoms with E-state index in [-0.39, 0.29) is 12.6 Å². The summed E-state index contributed by atoms with van der Waals surface area (Å²) in [5.74, 6) is 0. The highest BCUT2D eigenvalue weighted by molar-refractivity contribution is 7.92. The molecule has 4 nitrogen and oxygen atoms in total. The Morgan fingerprint density at radius 2 is 2.07 bits per heavy atom. The molecule has 0 aromatic rings. The summed E-state index contributed by atoms with van der Waals surface area (Å²) in [5, 5.41) is 9.14. The molecule has 1 N–H and O–H groups in total. The zero-order valence-corrected chi connectivity index (χ0v) is 10.5. The molecular formula is C10H21NO3S. The van der Waals surface area contributed by atoms with Crippen molar-refractivity contribution in [3.8, 4) is 0 Å². The SMILES string of the molecule is CC(C)(CN1CCC[C@H]1CO)S(C)(=O)=O. The molecule has 1 aliphatic heterocycles. The van der Waals surface area contributed by atoms with Gasteiger partial charge in [0.05, 0.1) is 11.4 Å². The fraction of sp³-hybridized carbons (Fsp3) is 1.00. The van der Waals surface area contributed by atoms with Gasteiger partial charge in [-0.25, -0.2) is 8.42 Å². The monoisotopic (exact) mass is 235 g/mol. The zero-order chi connectivity index (χ0) is 11.7. The molecule has 0 saturated carbocycles. The van der Waals surface area contributed by atoms with Crippen LogP contribution in [0, 0.1) is 0 Å². The first-order valence-corrected chi connectivity index (χ1v) is 7.21. The first-order chi connectivity index (χ1) is 6.78. The molecule has 1 fully saturated rings. The van der Waals surface area contributed by atoms with Gasteiger partial charge in [0.2, 0.25) is 0 Å². The van der Waals surface area contributed by atoms with Crippen LogP contribution in [0.4, 0.5) is 0 Å². The lowest BCUT2D eigenvalue weighted by Gasteiger charge is -2.31. The lowest BCUT2D eigenvalue weighted by Crippen LogP contribution is -2.46. The number of aliphatic hydroxyl groups is 1. The molecule has 5 heteroatoms. The summed E-state index contributed by atoms with van der Waals surface area (Å²) in [4.78, 5) is 2.08. The predicted octanol–water partition coefficient (Wildman–Crippen LogP) is 0.266. The molecular weight excluding hydrogens is 214 g/mol. The van der Waals surface area contributed by atoms with Crippen molar-refractivity contribution in [2.45, 2.75) is 37.5 Å². The molecule has 1 heterocycles. The van der Waals surface area contributed by atoms with E-state index in [1.54, 1.807) is 13.8 Å². The van der Waals surface area contributed by atoms with Crippen LogP contribution in [0.2, 0.25) is 0 Å². The highest BCUT2D eigenvalue weighted by Gasteiger charge is 2.35. The third-order valence-electron chi connectivity index (χ3n) is 3.30. The van der Waals surface area contributed by atoms with Gasteiger partial charge in [-0.3, -0.25) is 4.90 Å². The Bertz CT molecular complexity index is 311. The van der Waals surface area contributed by atoms with Crippen molar-refractivity contribution in [3.63, 3.8) is 0 Å². The fourth-order valence-electron chi connectivity index (χ4n) is 1.92. The second-order valence-corrected chi connectivity index (χ2v) is 7.63. The van der Waals surface area contributed by atoms with Crippen LogP contribution in [-0.4, -0.2) is 55.2 Å². The van der Waals surface area contributed by atoms with E-state index < -0.39 is 14.6 Å². The van der Waals surface area contributed by atoms with Gasteiger partial charge in [-0.15, -0.1) is 0 Å². The van der Waals surface area contributed by atoms with Gasteiger partial charge in [0.1, 0.15) is 0 Å². The number of likely N-dealkylation sites (tertiary alicyclic amines) is 1. The molecule has 0 radical (unpaired) electrons. The van der Waals surface area contributed by atoms with Crippen molar-refractivity contribution < 1.29 is 13.5 Å². The summed E-state index contributed by atoms with van der Waals surface area (Å²) in [6.07, 6.45) is 3.29. The van der Waals surface area contributed by atoms with E-state index in [4.69, 9.17) is 5.11 Å². The van der Waals surface area contributed by atoms with Crippen molar-refractivity contribution in [2.24, 2.45) is 0 Å². The summed E-state index contributed by atoms with van der Waals surface area (Å²) < 4.78 is 22.4. The van der Waals surface area contributed by atoms with Crippen molar-refractivity contribution in [3.05, 3.63) is 0 Å². The van der Waals surface area contributed by atoms with Crippen molar-refractivity contribution in [2.75, 3.05) is 26.0 Å². The van der Waals surface area contributed by atoms with Gasteiger partial charge in [-0.1, -0.05) is 0 Å². The lowest BCUT2D eigenvalue weighted by atomic mass is 10.1. The maximum atomic E-state index is 11.5. The number of hydrogen-bond acceptors (Lipinski definition) is 4. The van der Waals surface area contributed by atoms with E-state index in [9.17, 15) is 8.42 Å². The molecule has 1 rings (SSSR count). The Hall–Kier alpha value is -0.130. The van der Waals surface area contributed by atoms with Crippen LogP contribution in [0.1, 0.15) is 26.7 Å². The Morgan fingerprint density at radius 1 is 1.47 bits per heavy atom. The maximum Gasteiger partial charge on any atom is 0.153 e. The fourth-order valence-corrected chi connectivity index (χ4v) is 2.32.